The minimum absolute atomic E-state index is 0.0497. The molecule has 2 aromatic rings. The number of nitrogens with zero attached hydrogens (tertiary/aromatic N) is 6. The fraction of sp³-hybridized carbons (Fsp3) is 0.533. The second kappa shape index (κ2) is 7.77. The Morgan fingerprint density at radius 1 is 1.43 bits per heavy atom. The van der Waals surface area contributed by atoms with Crippen LogP contribution in [0.25, 0.3) is 0 Å². The zero-order valence-electron chi connectivity index (χ0n) is 13.0. The average molecular weight is 315 g/mol. The summed E-state index contributed by atoms with van der Waals surface area (Å²) < 4.78 is 1.56. The van der Waals surface area contributed by atoms with E-state index in [1.54, 1.807) is 10.9 Å². The quantitative estimate of drug-likeness (QED) is 0.821. The molecular formula is C15H21N7O. The fourth-order valence-corrected chi connectivity index (χ4v) is 2.87. The maximum Gasteiger partial charge on any atom is 0.222 e. The van der Waals surface area contributed by atoms with Crippen LogP contribution < -0.4 is 5.32 Å². The Bertz CT molecular complexity index is 602. The molecule has 8 nitrogen and oxygen atoms in total. The Labute approximate surface area is 134 Å². The van der Waals surface area contributed by atoms with E-state index >= 15 is 0 Å². The van der Waals surface area contributed by atoms with E-state index in [0.717, 1.165) is 32.5 Å². The third-order valence-electron chi connectivity index (χ3n) is 3.96. The van der Waals surface area contributed by atoms with E-state index in [1.165, 1.54) is 11.9 Å². The average Bonchev–Trinajstić information content (AvgIpc) is 3.08. The minimum Gasteiger partial charge on any atom is -0.352 e. The molecule has 1 fully saturated rings. The van der Waals surface area contributed by atoms with E-state index in [2.05, 4.69) is 36.8 Å². The lowest BCUT2D eigenvalue weighted by Gasteiger charge is -2.33. The van der Waals surface area contributed by atoms with Crippen molar-refractivity contribution in [3.63, 3.8) is 0 Å². The Morgan fingerprint density at radius 2 is 2.39 bits per heavy atom. The molecule has 8 heteroatoms. The molecule has 0 aromatic carbocycles. The summed E-state index contributed by atoms with van der Waals surface area (Å²) in [5.41, 5.74) is 1.21. The number of carbonyl (C=O) groups excluding carboxylic acids is 1. The van der Waals surface area contributed by atoms with E-state index in [4.69, 9.17) is 0 Å². The number of rotatable bonds is 6. The molecule has 1 unspecified atom stereocenters. The van der Waals surface area contributed by atoms with Gasteiger partial charge in [0.15, 0.2) is 0 Å². The van der Waals surface area contributed by atoms with Crippen LogP contribution in [-0.4, -0.2) is 55.1 Å². The predicted molar refractivity (Wildman–Crippen MR) is 83.1 cm³/mol. The van der Waals surface area contributed by atoms with Crippen LogP contribution in [0.3, 0.4) is 0 Å². The van der Waals surface area contributed by atoms with Gasteiger partial charge in [-0.25, -0.2) is 4.68 Å². The first-order valence-electron chi connectivity index (χ1n) is 7.91. The molecule has 1 N–H and O–H groups in total. The number of tetrazole rings is 1. The van der Waals surface area contributed by atoms with Gasteiger partial charge >= 0.3 is 0 Å². The Kier molecular flexibility index (Phi) is 5.25. The third kappa shape index (κ3) is 4.82. The molecular weight excluding hydrogens is 294 g/mol. The Morgan fingerprint density at radius 3 is 3.17 bits per heavy atom. The summed E-state index contributed by atoms with van der Waals surface area (Å²) in [4.78, 5) is 18.6. The second-order valence-corrected chi connectivity index (χ2v) is 5.83. The zero-order valence-corrected chi connectivity index (χ0v) is 13.0. The molecule has 122 valence electrons. The molecule has 2 aromatic heterocycles. The van der Waals surface area contributed by atoms with Crippen LogP contribution >= 0.6 is 0 Å². The summed E-state index contributed by atoms with van der Waals surface area (Å²) in [6.07, 6.45) is 7.72. The summed E-state index contributed by atoms with van der Waals surface area (Å²) in [5.74, 6) is 0.0497. The summed E-state index contributed by atoms with van der Waals surface area (Å²) in [7, 11) is 0. The molecule has 1 aliphatic heterocycles. The molecule has 0 saturated carbocycles. The van der Waals surface area contributed by atoms with Gasteiger partial charge in [0.2, 0.25) is 5.91 Å². The van der Waals surface area contributed by atoms with Crippen molar-refractivity contribution in [2.45, 2.75) is 38.4 Å². The third-order valence-corrected chi connectivity index (χ3v) is 3.96. The summed E-state index contributed by atoms with van der Waals surface area (Å²) in [5, 5.41) is 14.0. The van der Waals surface area contributed by atoms with Crippen molar-refractivity contribution in [2.24, 2.45) is 0 Å². The van der Waals surface area contributed by atoms with Gasteiger partial charge in [-0.05, 0) is 41.4 Å². The first-order chi connectivity index (χ1) is 11.3. The number of amides is 1. The number of nitrogens with one attached hydrogen (secondary N) is 1. The lowest BCUT2D eigenvalue weighted by atomic mass is 10.0. The molecule has 1 atom stereocenters. The van der Waals surface area contributed by atoms with Crippen molar-refractivity contribution in [3.8, 4) is 0 Å². The van der Waals surface area contributed by atoms with Gasteiger partial charge in [-0.15, -0.1) is 5.10 Å². The standard InChI is InChI=1S/C15H21N7O/c23-15(5-8-22-12-17-19-20-22)18-14-4-2-7-21(11-14)10-13-3-1-6-16-9-13/h1,3,6,9,12,14H,2,4-5,7-8,10-11H2,(H,18,23). The highest BCUT2D eigenvalue weighted by Crippen LogP contribution is 2.13. The highest BCUT2D eigenvalue weighted by Gasteiger charge is 2.21. The topological polar surface area (TPSA) is 88.8 Å². The predicted octanol–water partition coefficient (Wildman–Crippen LogP) is 0.239. The van der Waals surface area contributed by atoms with Gasteiger partial charge < -0.3 is 5.32 Å². The van der Waals surface area contributed by atoms with E-state index in [-0.39, 0.29) is 11.9 Å². The molecule has 1 amide bonds. The van der Waals surface area contributed by atoms with Gasteiger partial charge in [-0.3, -0.25) is 14.7 Å². The van der Waals surface area contributed by atoms with Gasteiger partial charge in [0, 0.05) is 37.9 Å². The van der Waals surface area contributed by atoms with Gasteiger partial charge in [0.25, 0.3) is 0 Å². The van der Waals surface area contributed by atoms with Crippen LogP contribution in [0.2, 0.25) is 0 Å². The van der Waals surface area contributed by atoms with Crippen LogP contribution in [0.5, 0.6) is 0 Å². The number of aromatic nitrogens is 5. The Balaban J connectivity index is 1.43. The van der Waals surface area contributed by atoms with E-state index in [0.29, 0.717) is 13.0 Å². The number of pyridine rings is 1. The molecule has 23 heavy (non-hydrogen) atoms. The number of carbonyl (C=O) groups is 1. The van der Waals surface area contributed by atoms with Crippen molar-refractivity contribution >= 4 is 5.91 Å². The molecule has 1 aliphatic rings. The molecule has 0 radical (unpaired) electrons. The summed E-state index contributed by atoms with van der Waals surface area (Å²) in [6, 6.07) is 4.25. The maximum atomic E-state index is 12.0. The Hall–Kier alpha value is -2.35. The van der Waals surface area contributed by atoms with E-state index in [9.17, 15) is 4.79 Å². The number of piperidine rings is 1. The van der Waals surface area contributed by atoms with Gasteiger partial charge in [-0.1, -0.05) is 6.07 Å². The molecule has 1 saturated heterocycles. The van der Waals surface area contributed by atoms with Gasteiger partial charge in [0.05, 0.1) is 6.54 Å². The van der Waals surface area contributed by atoms with Gasteiger partial charge in [-0.2, -0.15) is 0 Å². The summed E-state index contributed by atoms with van der Waals surface area (Å²) >= 11 is 0. The first-order valence-corrected chi connectivity index (χ1v) is 7.91. The summed E-state index contributed by atoms with van der Waals surface area (Å²) in [6.45, 7) is 3.33. The number of hydrogen-bond donors (Lipinski definition) is 1. The van der Waals surface area contributed by atoms with Crippen molar-refractivity contribution in [1.29, 1.82) is 0 Å². The van der Waals surface area contributed by atoms with Crippen LogP contribution in [0.1, 0.15) is 24.8 Å². The van der Waals surface area contributed by atoms with Crippen molar-refractivity contribution in [2.75, 3.05) is 13.1 Å². The highest BCUT2D eigenvalue weighted by molar-refractivity contribution is 5.76. The minimum atomic E-state index is 0.0497. The molecule has 0 bridgehead atoms. The van der Waals surface area contributed by atoms with E-state index < -0.39 is 0 Å². The van der Waals surface area contributed by atoms with Gasteiger partial charge in [0.1, 0.15) is 6.33 Å². The largest absolute Gasteiger partial charge is 0.352 e. The van der Waals surface area contributed by atoms with Crippen molar-refractivity contribution in [3.05, 3.63) is 36.4 Å². The number of likely N-dealkylation sites (tertiary alicyclic amines) is 1. The molecule has 0 spiro atoms. The second-order valence-electron chi connectivity index (χ2n) is 5.83. The lowest BCUT2D eigenvalue weighted by Crippen LogP contribution is -2.47. The normalized spacial score (nSPS) is 18.7. The number of hydrogen-bond acceptors (Lipinski definition) is 6. The van der Waals surface area contributed by atoms with E-state index in [1.807, 2.05) is 12.3 Å². The van der Waals surface area contributed by atoms with Crippen LogP contribution in [0.4, 0.5) is 0 Å². The molecule has 3 rings (SSSR count). The number of aryl methyl sites for hydroxylation is 1. The maximum absolute atomic E-state index is 12.0. The molecule has 0 aliphatic carbocycles. The highest BCUT2D eigenvalue weighted by atomic mass is 16.1. The first kappa shape index (κ1) is 15.5. The van der Waals surface area contributed by atoms with Crippen molar-refractivity contribution < 1.29 is 4.79 Å². The van der Waals surface area contributed by atoms with Crippen LogP contribution in [-0.2, 0) is 17.9 Å². The lowest BCUT2D eigenvalue weighted by molar-refractivity contribution is -0.122. The smallest absolute Gasteiger partial charge is 0.222 e. The molecule has 3 heterocycles. The van der Waals surface area contributed by atoms with Crippen LogP contribution in [0.15, 0.2) is 30.9 Å². The monoisotopic (exact) mass is 315 g/mol. The zero-order chi connectivity index (χ0) is 15.9. The SMILES string of the molecule is O=C(CCn1cnnn1)NC1CCCN(Cc2cccnc2)C1. The fourth-order valence-electron chi connectivity index (χ4n) is 2.87. The van der Waals surface area contributed by atoms with Crippen LogP contribution in [0, 0.1) is 0 Å². The van der Waals surface area contributed by atoms with Crippen molar-refractivity contribution in [1.82, 2.24) is 35.4 Å².